The first-order chi connectivity index (χ1) is 8.72. The van der Waals surface area contributed by atoms with Gasteiger partial charge in [0, 0.05) is 13.1 Å². The molecular weight excluding hydrogens is 236 g/mol. The van der Waals surface area contributed by atoms with E-state index >= 15 is 0 Å². The summed E-state index contributed by atoms with van der Waals surface area (Å²) in [5.74, 6) is -0.219. The number of nitrogens with one attached hydrogen (secondary N) is 1. The summed E-state index contributed by atoms with van der Waals surface area (Å²) in [6.45, 7) is 2.45. The van der Waals surface area contributed by atoms with Crippen molar-refractivity contribution in [3.63, 3.8) is 0 Å². The van der Waals surface area contributed by atoms with Crippen molar-refractivity contribution >= 4 is 5.91 Å². The lowest BCUT2D eigenvalue weighted by molar-refractivity contribution is 0.0125. The Balaban J connectivity index is 2.08. The number of phenols is 1. The number of aromatic hydroxyl groups is 1. The van der Waals surface area contributed by atoms with Gasteiger partial charge in [-0.1, -0.05) is 6.07 Å². The number of ether oxygens (including phenoxy) is 2. The quantitative estimate of drug-likeness (QED) is 0.813. The van der Waals surface area contributed by atoms with Crippen molar-refractivity contribution in [1.29, 1.82) is 0 Å². The first-order valence-corrected chi connectivity index (χ1v) is 5.72. The Bertz CT molecular complexity index is 430. The van der Waals surface area contributed by atoms with E-state index in [2.05, 4.69) is 5.43 Å². The molecule has 1 aliphatic rings. The van der Waals surface area contributed by atoms with Gasteiger partial charge in [0.25, 0.3) is 5.91 Å². The van der Waals surface area contributed by atoms with Gasteiger partial charge in [0.05, 0.1) is 25.9 Å². The molecule has 0 aliphatic carbocycles. The van der Waals surface area contributed by atoms with Crippen LogP contribution in [0, 0.1) is 0 Å². The van der Waals surface area contributed by atoms with Crippen LogP contribution in [0.2, 0.25) is 0 Å². The molecule has 0 unspecified atom stereocenters. The second kappa shape index (κ2) is 5.70. The second-order valence-corrected chi connectivity index (χ2v) is 3.90. The lowest BCUT2D eigenvalue weighted by Crippen LogP contribution is -2.48. The van der Waals surface area contributed by atoms with Crippen molar-refractivity contribution < 1.29 is 19.4 Å². The third kappa shape index (κ3) is 2.72. The Morgan fingerprint density at radius 3 is 2.83 bits per heavy atom. The number of hydrogen-bond donors (Lipinski definition) is 2. The van der Waals surface area contributed by atoms with E-state index in [1.807, 2.05) is 0 Å². The van der Waals surface area contributed by atoms with Crippen LogP contribution in [-0.4, -0.2) is 49.4 Å². The maximum absolute atomic E-state index is 12.0. The Morgan fingerprint density at radius 2 is 2.17 bits per heavy atom. The van der Waals surface area contributed by atoms with Crippen LogP contribution in [0.1, 0.15) is 10.4 Å². The van der Waals surface area contributed by atoms with E-state index in [0.717, 1.165) is 0 Å². The molecule has 98 valence electrons. The fraction of sp³-hybridized carbons (Fsp3) is 0.417. The molecule has 1 heterocycles. The third-order valence-corrected chi connectivity index (χ3v) is 2.73. The number of hydrogen-bond acceptors (Lipinski definition) is 5. The zero-order valence-electron chi connectivity index (χ0n) is 10.2. The van der Waals surface area contributed by atoms with Crippen LogP contribution in [0.5, 0.6) is 11.5 Å². The molecule has 1 aromatic carbocycles. The minimum atomic E-state index is -0.353. The molecule has 1 saturated heterocycles. The van der Waals surface area contributed by atoms with E-state index in [1.54, 1.807) is 23.2 Å². The molecule has 0 saturated carbocycles. The molecule has 6 nitrogen and oxygen atoms in total. The van der Waals surface area contributed by atoms with Crippen molar-refractivity contribution in [1.82, 2.24) is 10.4 Å². The Morgan fingerprint density at radius 1 is 1.44 bits per heavy atom. The van der Waals surface area contributed by atoms with E-state index in [1.165, 1.54) is 7.11 Å². The highest BCUT2D eigenvalue weighted by Crippen LogP contribution is 2.29. The summed E-state index contributed by atoms with van der Waals surface area (Å²) >= 11 is 0. The molecule has 1 aromatic rings. The highest BCUT2D eigenvalue weighted by atomic mass is 16.5. The smallest absolute Gasteiger partial charge is 0.269 e. The second-order valence-electron chi connectivity index (χ2n) is 3.90. The van der Waals surface area contributed by atoms with Crippen LogP contribution in [0.3, 0.4) is 0 Å². The average Bonchev–Trinajstić information content (AvgIpc) is 2.40. The third-order valence-electron chi connectivity index (χ3n) is 2.73. The lowest BCUT2D eigenvalue weighted by atomic mass is 10.2. The van der Waals surface area contributed by atoms with Gasteiger partial charge >= 0.3 is 0 Å². The molecule has 1 amide bonds. The van der Waals surface area contributed by atoms with Crippen molar-refractivity contribution in [2.75, 3.05) is 33.4 Å². The summed E-state index contributed by atoms with van der Waals surface area (Å²) in [4.78, 5) is 12.0. The molecule has 2 N–H and O–H groups in total. The maximum atomic E-state index is 12.0. The predicted octanol–water partition coefficient (Wildman–Crippen LogP) is 0.378. The number of rotatable bonds is 3. The zero-order chi connectivity index (χ0) is 13.0. The molecule has 0 bridgehead atoms. The summed E-state index contributed by atoms with van der Waals surface area (Å²) in [6.07, 6.45) is 0. The Hall–Kier alpha value is -1.79. The van der Waals surface area contributed by atoms with E-state index < -0.39 is 0 Å². The molecule has 1 fully saturated rings. The van der Waals surface area contributed by atoms with Gasteiger partial charge in [-0.15, -0.1) is 0 Å². The molecular formula is C12H16N2O4. The van der Waals surface area contributed by atoms with Gasteiger partial charge in [0.1, 0.15) is 0 Å². The fourth-order valence-electron chi connectivity index (χ4n) is 1.75. The van der Waals surface area contributed by atoms with Gasteiger partial charge in [-0.25, -0.2) is 5.01 Å². The lowest BCUT2D eigenvalue weighted by Gasteiger charge is -2.27. The van der Waals surface area contributed by atoms with Crippen LogP contribution in [-0.2, 0) is 4.74 Å². The van der Waals surface area contributed by atoms with Gasteiger partial charge in [0.2, 0.25) is 0 Å². The molecule has 0 atom stereocenters. The molecule has 6 heteroatoms. The minimum Gasteiger partial charge on any atom is -0.504 e. The average molecular weight is 252 g/mol. The number of morpholine rings is 1. The highest BCUT2D eigenvalue weighted by molar-refractivity contribution is 5.97. The van der Waals surface area contributed by atoms with Gasteiger partial charge in [-0.3, -0.25) is 10.2 Å². The first-order valence-electron chi connectivity index (χ1n) is 5.72. The van der Waals surface area contributed by atoms with E-state index in [0.29, 0.717) is 26.3 Å². The monoisotopic (exact) mass is 252 g/mol. The van der Waals surface area contributed by atoms with Gasteiger partial charge in [-0.05, 0) is 12.1 Å². The van der Waals surface area contributed by atoms with Crippen molar-refractivity contribution in [2.45, 2.75) is 0 Å². The first kappa shape index (κ1) is 12.7. The zero-order valence-corrected chi connectivity index (χ0v) is 10.2. The molecule has 1 aliphatic heterocycles. The van der Waals surface area contributed by atoms with Crippen LogP contribution in [0.4, 0.5) is 0 Å². The topological polar surface area (TPSA) is 71.0 Å². The van der Waals surface area contributed by atoms with Crippen molar-refractivity contribution in [3.05, 3.63) is 23.8 Å². The number of amides is 1. The Kier molecular flexibility index (Phi) is 4.01. The van der Waals surface area contributed by atoms with Crippen LogP contribution < -0.4 is 10.2 Å². The number of hydrazine groups is 1. The van der Waals surface area contributed by atoms with Crippen LogP contribution in [0.25, 0.3) is 0 Å². The number of carbonyl (C=O) groups excluding carboxylic acids is 1. The largest absolute Gasteiger partial charge is 0.504 e. The summed E-state index contributed by atoms with van der Waals surface area (Å²) in [7, 11) is 1.44. The minimum absolute atomic E-state index is 0.147. The van der Waals surface area contributed by atoms with E-state index in [-0.39, 0.29) is 23.0 Å². The molecule has 0 radical (unpaired) electrons. The molecule has 18 heavy (non-hydrogen) atoms. The highest BCUT2D eigenvalue weighted by Gasteiger charge is 2.18. The number of benzene rings is 1. The summed E-state index contributed by atoms with van der Waals surface area (Å²) < 4.78 is 10.1. The fourth-order valence-corrected chi connectivity index (χ4v) is 1.75. The number of carbonyl (C=O) groups is 1. The number of para-hydroxylation sites is 1. The normalized spacial score (nSPS) is 16.3. The summed E-state index contributed by atoms with van der Waals surface area (Å²) in [5, 5.41) is 11.6. The molecule has 0 aromatic heterocycles. The maximum Gasteiger partial charge on any atom is 0.269 e. The van der Waals surface area contributed by atoms with Crippen LogP contribution in [0.15, 0.2) is 18.2 Å². The SMILES string of the molecule is COc1cccc(C(=O)NN2CCOCC2)c1O. The van der Waals surface area contributed by atoms with Crippen molar-refractivity contribution in [2.24, 2.45) is 0 Å². The number of methoxy groups -OCH3 is 1. The van der Waals surface area contributed by atoms with Gasteiger partial charge < -0.3 is 14.6 Å². The molecule has 2 rings (SSSR count). The van der Waals surface area contributed by atoms with Gasteiger partial charge in [-0.2, -0.15) is 0 Å². The summed E-state index contributed by atoms with van der Waals surface area (Å²) in [6, 6.07) is 4.81. The van der Waals surface area contributed by atoms with Gasteiger partial charge in [0.15, 0.2) is 11.5 Å². The van der Waals surface area contributed by atoms with Crippen molar-refractivity contribution in [3.8, 4) is 11.5 Å². The van der Waals surface area contributed by atoms with E-state index in [9.17, 15) is 9.90 Å². The number of phenolic OH excluding ortho intramolecular Hbond substituents is 1. The molecule has 0 spiro atoms. The standard InChI is InChI=1S/C12H16N2O4/c1-17-10-4-2-3-9(11(10)15)12(16)13-14-5-7-18-8-6-14/h2-4,15H,5-8H2,1H3,(H,13,16). The summed E-state index contributed by atoms with van der Waals surface area (Å²) in [5.41, 5.74) is 2.92. The predicted molar refractivity (Wildman–Crippen MR) is 64.5 cm³/mol. The van der Waals surface area contributed by atoms with Crippen LogP contribution >= 0.6 is 0 Å². The Labute approximate surface area is 105 Å². The number of nitrogens with zero attached hydrogens (tertiary/aromatic N) is 1. The van der Waals surface area contributed by atoms with E-state index in [4.69, 9.17) is 9.47 Å².